The van der Waals surface area contributed by atoms with E-state index in [9.17, 15) is 9.90 Å². The predicted octanol–water partition coefficient (Wildman–Crippen LogP) is 4.06. The van der Waals surface area contributed by atoms with E-state index in [2.05, 4.69) is 28.9 Å². The first-order valence-electron chi connectivity index (χ1n) is 6.55. The summed E-state index contributed by atoms with van der Waals surface area (Å²) in [5, 5.41) is 18.4. The van der Waals surface area contributed by atoms with E-state index >= 15 is 0 Å². The molecule has 1 unspecified atom stereocenters. The summed E-state index contributed by atoms with van der Waals surface area (Å²) in [7, 11) is 0. The van der Waals surface area contributed by atoms with Crippen molar-refractivity contribution in [2.75, 3.05) is 0 Å². The van der Waals surface area contributed by atoms with Gasteiger partial charge in [0.25, 0.3) is 0 Å². The number of rotatable bonds is 8. The molecule has 0 saturated heterocycles. The number of aliphatic carboxylic acids is 1. The number of alkyl halides is 1. The van der Waals surface area contributed by atoms with Crippen molar-refractivity contribution < 1.29 is 15.0 Å². The van der Waals surface area contributed by atoms with Crippen LogP contribution >= 0.6 is 15.9 Å². The molecule has 0 bridgehead atoms. The minimum atomic E-state index is -0.884. The van der Waals surface area contributed by atoms with Gasteiger partial charge in [-0.2, -0.15) is 0 Å². The molecule has 3 nitrogen and oxygen atoms in total. The predicted molar refractivity (Wildman–Crippen MR) is 82.6 cm³/mol. The molecule has 1 atom stereocenters. The summed E-state index contributed by atoms with van der Waals surface area (Å²) in [6, 6.07) is 0. The normalized spacial score (nSPS) is 15.5. The number of hydrogen-bond donors (Lipinski definition) is 2. The molecule has 0 rings (SSSR count). The molecule has 0 fully saturated rings. The third kappa shape index (κ3) is 9.91. The van der Waals surface area contributed by atoms with Crippen LogP contribution in [-0.2, 0) is 4.79 Å². The summed E-state index contributed by atoms with van der Waals surface area (Å²) < 4.78 is 0. The van der Waals surface area contributed by atoms with Crippen LogP contribution in [0.2, 0.25) is 0 Å². The van der Waals surface area contributed by atoms with E-state index in [0.717, 1.165) is 31.3 Å². The third-order valence-electron chi connectivity index (χ3n) is 2.96. The van der Waals surface area contributed by atoms with Crippen molar-refractivity contribution in [3.05, 3.63) is 23.3 Å². The van der Waals surface area contributed by atoms with E-state index < -0.39 is 11.6 Å². The van der Waals surface area contributed by atoms with Gasteiger partial charge in [-0.25, -0.2) is 4.79 Å². The largest absolute Gasteiger partial charge is 0.478 e. The van der Waals surface area contributed by atoms with Crippen molar-refractivity contribution in [1.82, 2.24) is 0 Å². The van der Waals surface area contributed by atoms with Crippen LogP contribution in [-0.4, -0.2) is 26.6 Å². The highest BCUT2D eigenvalue weighted by atomic mass is 79.9. The van der Waals surface area contributed by atoms with Crippen molar-refractivity contribution in [2.45, 2.75) is 63.8 Å². The molecule has 0 aromatic carbocycles. The molecule has 0 aromatic rings. The Morgan fingerprint density at radius 1 is 1.26 bits per heavy atom. The average molecular weight is 333 g/mol. The molecule has 0 spiro atoms. The lowest BCUT2D eigenvalue weighted by atomic mass is 9.98. The fraction of sp³-hybridized carbons (Fsp3) is 0.667. The molecule has 19 heavy (non-hydrogen) atoms. The Morgan fingerprint density at radius 3 is 2.32 bits per heavy atom. The number of aliphatic hydroxyl groups is 1. The Labute approximate surface area is 124 Å². The van der Waals surface area contributed by atoms with Crippen LogP contribution < -0.4 is 0 Å². The van der Waals surface area contributed by atoms with E-state index in [1.807, 2.05) is 6.92 Å². The van der Waals surface area contributed by atoms with Gasteiger partial charge in [0.1, 0.15) is 0 Å². The van der Waals surface area contributed by atoms with Gasteiger partial charge in [-0.1, -0.05) is 33.2 Å². The number of allylic oxidation sites excluding steroid dienone is 3. The maximum Gasteiger partial charge on any atom is 0.328 e. The van der Waals surface area contributed by atoms with E-state index in [4.69, 9.17) is 5.11 Å². The van der Waals surface area contributed by atoms with Crippen LogP contribution in [0, 0.1) is 0 Å². The number of halogens is 1. The number of carboxylic acid groups (broad SMARTS) is 1. The molecule has 0 heterocycles. The van der Waals surface area contributed by atoms with E-state index in [0.29, 0.717) is 0 Å². The van der Waals surface area contributed by atoms with Crippen LogP contribution in [0.15, 0.2) is 23.3 Å². The van der Waals surface area contributed by atoms with Gasteiger partial charge in [0, 0.05) is 10.9 Å². The van der Waals surface area contributed by atoms with E-state index in [-0.39, 0.29) is 4.83 Å². The Kier molecular flexibility index (Phi) is 8.26. The van der Waals surface area contributed by atoms with Gasteiger partial charge in [-0.15, -0.1) is 0 Å². The summed E-state index contributed by atoms with van der Waals surface area (Å²) in [5.74, 6) is -0.884. The van der Waals surface area contributed by atoms with Crippen molar-refractivity contribution >= 4 is 21.9 Å². The summed E-state index contributed by atoms with van der Waals surface area (Å²) in [6.07, 6.45) is 6.84. The Balaban J connectivity index is 4.06. The molecule has 110 valence electrons. The highest BCUT2D eigenvalue weighted by Gasteiger charge is 2.23. The summed E-state index contributed by atoms with van der Waals surface area (Å²) in [6.45, 7) is 7.50. The molecular weight excluding hydrogens is 308 g/mol. The van der Waals surface area contributed by atoms with Crippen molar-refractivity contribution in [3.63, 3.8) is 0 Å². The van der Waals surface area contributed by atoms with Crippen molar-refractivity contribution in [3.8, 4) is 0 Å². The zero-order valence-corrected chi connectivity index (χ0v) is 13.8. The van der Waals surface area contributed by atoms with Gasteiger partial charge in [-0.05, 0) is 53.4 Å². The number of carboxylic acids is 1. The third-order valence-corrected chi connectivity index (χ3v) is 4.54. The fourth-order valence-electron chi connectivity index (χ4n) is 1.64. The Bertz CT molecular complexity index is 351. The van der Waals surface area contributed by atoms with Gasteiger partial charge < -0.3 is 10.2 Å². The van der Waals surface area contributed by atoms with Crippen LogP contribution in [0.25, 0.3) is 0 Å². The second-order valence-electron chi connectivity index (χ2n) is 5.58. The van der Waals surface area contributed by atoms with Crippen LogP contribution in [0.5, 0.6) is 0 Å². The van der Waals surface area contributed by atoms with Gasteiger partial charge in [0.15, 0.2) is 0 Å². The monoisotopic (exact) mass is 332 g/mol. The number of hydrogen-bond acceptors (Lipinski definition) is 2. The second-order valence-corrected chi connectivity index (χ2v) is 6.68. The molecule has 0 aliphatic heterocycles. The quantitative estimate of drug-likeness (QED) is 0.400. The molecule has 4 heteroatoms. The van der Waals surface area contributed by atoms with Crippen molar-refractivity contribution in [2.24, 2.45) is 0 Å². The molecule has 0 amide bonds. The zero-order chi connectivity index (χ0) is 15.1. The maximum atomic E-state index is 10.5. The minimum absolute atomic E-state index is 0.0805. The first-order chi connectivity index (χ1) is 8.62. The van der Waals surface area contributed by atoms with E-state index in [1.165, 1.54) is 11.6 Å². The smallest absolute Gasteiger partial charge is 0.328 e. The molecule has 0 aliphatic carbocycles. The second kappa shape index (κ2) is 8.54. The topological polar surface area (TPSA) is 57.5 Å². The van der Waals surface area contributed by atoms with Crippen LogP contribution in [0.1, 0.15) is 53.4 Å². The average Bonchev–Trinajstić information content (AvgIpc) is 2.23. The molecule has 0 radical (unpaired) electrons. The van der Waals surface area contributed by atoms with Crippen LogP contribution in [0.4, 0.5) is 0 Å². The lowest BCUT2D eigenvalue weighted by molar-refractivity contribution is -0.131. The standard InChI is InChI=1S/C15H25BrO3/c1-11(8-9-13(16)15(3,4)19)6-5-7-12(2)10-14(17)18/h6,10,13,19H,5,7-9H2,1-4H3,(H,17,18)/b11-6+,12-10+. The zero-order valence-electron chi connectivity index (χ0n) is 12.2. The van der Waals surface area contributed by atoms with Gasteiger partial charge >= 0.3 is 5.97 Å². The lowest BCUT2D eigenvalue weighted by Crippen LogP contribution is -2.31. The summed E-state index contributed by atoms with van der Waals surface area (Å²) >= 11 is 3.49. The molecule has 0 aliphatic rings. The van der Waals surface area contributed by atoms with Gasteiger partial charge in [-0.3, -0.25) is 0 Å². The van der Waals surface area contributed by atoms with E-state index in [1.54, 1.807) is 13.8 Å². The maximum absolute atomic E-state index is 10.5. The van der Waals surface area contributed by atoms with Gasteiger partial charge in [0.2, 0.25) is 0 Å². The summed E-state index contributed by atoms with van der Waals surface area (Å²) in [5.41, 5.74) is 1.45. The summed E-state index contributed by atoms with van der Waals surface area (Å²) in [4.78, 5) is 10.5. The van der Waals surface area contributed by atoms with Gasteiger partial charge in [0.05, 0.1) is 5.60 Å². The SMILES string of the molecule is C/C(=C\C(=O)O)CC/C=C(\C)CCC(Br)C(C)(C)O. The Hall–Kier alpha value is -0.610. The van der Waals surface area contributed by atoms with Crippen molar-refractivity contribution in [1.29, 1.82) is 0 Å². The highest BCUT2D eigenvalue weighted by Crippen LogP contribution is 2.24. The molecular formula is C15H25BrO3. The number of carbonyl (C=O) groups is 1. The highest BCUT2D eigenvalue weighted by molar-refractivity contribution is 9.09. The minimum Gasteiger partial charge on any atom is -0.478 e. The first kappa shape index (κ1) is 18.4. The van der Waals surface area contributed by atoms with Crippen LogP contribution in [0.3, 0.4) is 0 Å². The Morgan fingerprint density at radius 2 is 1.84 bits per heavy atom. The molecule has 0 aromatic heterocycles. The fourth-order valence-corrected chi connectivity index (χ4v) is 1.87. The molecule has 2 N–H and O–H groups in total. The lowest BCUT2D eigenvalue weighted by Gasteiger charge is -2.24. The first-order valence-corrected chi connectivity index (χ1v) is 7.46. The molecule has 0 saturated carbocycles.